The Balaban J connectivity index is 2.20. The van der Waals surface area contributed by atoms with Crippen LogP contribution in [-0.2, 0) is 14.8 Å². The van der Waals surface area contributed by atoms with Gasteiger partial charge in [0, 0.05) is 0 Å². The van der Waals surface area contributed by atoms with Crippen LogP contribution in [0.15, 0.2) is 26.2 Å². The summed E-state index contributed by atoms with van der Waals surface area (Å²) in [6, 6.07) is 2.03. The number of aryl methyl sites for hydroxylation is 1. The van der Waals surface area contributed by atoms with Crippen molar-refractivity contribution in [2.75, 3.05) is 11.3 Å². The molecule has 0 aliphatic carbocycles. The molecule has 0 bridgehead atoms. The van der Waals surface area contributed by atoms with Gasteiger partial charge in [0.15, 0.2) is 5.82 Å². The Hall–Kier alpha value is -2.36. The van der Waals surface area contributed by atoms with Gasteiger partial charge in [-0.15, -0.1) is 0 Å². The van der Waals surface area contributed by atoms with E-state index in [1.165, 1.54) is 13.0 Å². The van der Waals surface area contributed by atoms with Crippen LogP contribution < -0.4 is 4.72 Å². The third-order valence-corrected chi connectivity index (χ3v) is 3.26. The van der Waals surface area contributed by atoms with Crippen molar-refractivity contribution >= 4 is 22.0 Å². The number of sulfonamides is 1. The molecule has 0 fully saturated rings. The van der Waals surface area contributed by atoms with Crippen LogP contribution in [0.3, 0.4) is 0 Å². The van der Waals surface area contributed by atoms with Crippen molar-refractivity contribution in [3.63, 3.8) is 0 Å². The van der Waals surface area contributed by atoms with Crippen LogP contribution in [0.4, 0.5) is 6.01 Å². The molecule has 0 spiro atoms. The molecule has 0 aliphatic rings. The van der Waals surface area contributed by atoms with Gasteiger partial charge in [0.05, 0.1) is 6.61 Å². The fraction of sp³-hybridized carbons (Fsp3) is 0.300. The molecule has 1 N–H and O–H groups in total. The SMILES string of the molecule is CCOC(=O)c1ccc(S(=O)(=O)Nc2nc(C)no2)o1. The second-order valence-electron chi connectivity index (χ2n) is 3.59. The lowest BCUT2D eigenvalue weighted by Crippen LogP contribution is -2.12. The van der Waals surface area contributed by atoms with Gasteiger partial charge in [-0.2, -0.15) is 13.4 Å². The minimum atomic E-state index is -4.05. The van der Waals surface area contributed by atoms with Gasteiger partial charge in [-0.25, -0.2) is 9.52 Å². The zero-order valence-electron chi connectivity index (χ0n) is 10.6. The summed E-state index contributed by atoms with van der Waals surface area (Å²) in [6.45, 7) is 3.31. The molecular formula is C10H11N3O6S. The van der Waals surface area contributed by atoms with Crippen molar-refractivity contribution in [3.8, 4) is 0 Å². The summed E-state index contributed by atoms with van der Waals surface area (Å²) in [5, 5.41) is 2.97. The van der Waals surface area contributed by atoms with Crippen LogP contribution in [0.2, 0.25) is 0 Å². The Kier molecular flexibility index (Phi) is 3.74. The summed E-state index contributed by atoms with van der Waals surface area (Å²) in [5.74, 6) is -0.689. The van der Waals surface area contributed by atoms with E-state index in [2.05, 4.69) is 19.4 Å². The second kappa shape index (κ2) is 5.33. The maximum Gasteiger partial charge on any atom is 0.374 e. The van der Waals surface area contributed by atoms with E-state index < -0.39 is 21.1 Å². The van der Waals surface area contributed by atoms with Crippen LogP contribution in [0, 0.1) is 6.92 Å². The van der Waals surface area contributed by atoms with Gasteiger partial charge < -0.3 is 13.7 Å². The molecule has 2 rings (SSSR count). The first-order valence-corrected chi connectivity index (χ1v) is 7.01. The molecule has 0 atom stereocenters. The number of nitrogens with zero attached hydrogens (tertiary/aromatic N) is 2. The summed E-state index contributed by atoms with van der Waals surface area (Å²) in [5.41, 5.74) is 0. The van der Waals surface area contributed by atoms with Crippen LogP contribution in [0.25, 0.3) is 0 Å². The number of esters is 1. The maximum atomic E-state index is 11.9. The first kappa shape index (κ1) is 14.1. The van der Waals surface area contributed by atoms with E-state index >= 15 is 0 Å². The summed E-state index contributed by atoms with van der Waals surface area (Å²) in [6.07, 6.45) is 0. The molecule has 108 valence electrons. The number of nitrogens with one attached hydrogen (secondary N) is 1. The van der Waals surface area contributed by atoms with Crippen LogP contribution in [0.5, 0.6) is 0 Å². The molecule has 2 aromatic heterocycles. The van der Waals surface area contributed by atoms with E-state index in [9.17, 15) is 13.2 Å². The van der Waals surface area contributed by atoms with Crippen molar-refractivity contribution in [2.45, 2.75) is 18.9 Å². The number of furan rings is 1. The zero-order chi connectivity index (χ0) is 14.8. The Bertz CT molecular complexity index is 717. The smallest absolute Gasteiger partial charge is 0.374 e. The summed E-state index contributed by atoms with van der Waals surface area (Å²) in [4.78, 5) is 15.1. The highest BCUT2D eigenvalue weighted by Gasteiger charge is 2.23. The van der Waals surface area contributed by atoms with Gasteiger partial charge in [-0.05, 0) is 26.0 Å². The lowest BCUT2D eigenvalue weighted by molar-refractivity contribution is 0.0484. The molecule has 0 saturated heterocycles. The predicted molar refractivity (Wildman–Crippen MR) is 64.5 cm³/mol. The molecule has 0 radical (unpaired) electrons. The molecule has 9 nitrogen and oxygen atoms in total. The third-order valence-electron chi connectivity index (χ3n) is 2.07. The minimum Gasteiger partial charge on any atom is -0.460 e. The lowest BCUT2D eigenvalue weighted by atomic mass is 10.5. The highest BCUT2D eigenvalue weighted by molar-refractivity contribution is 7.92. The molecule has 20 heavy (non-hydrogen) atoms. The quantitative estimate of drug-likeness (QED) is 0.809. The summed E-state index contributed by atoms with van der Waals surface area (Å²) in [7, 11) is -4.05. The number of aromatic nitrogens is 2. The fourth-order valence-electron chi connectivity index (χ4n) is 1.28. The van der Waals surface area contributed by atoms with Crippen molar-refractivity contribution in [2.24, 2.45) is 0 Å². The average molecular weight is 301 g/mol. The molecule has 0 unspecified atom stereocenters. The number of ether oxygens (including phenoxy) is 1. The van der Waals surface area contributed by atoms with Gasteiger partial charge >= 0.3 is 12.0 Å². The second-order valence-corrected chi connectivity index (χ2v) is 5.20. The minimum absolute atomic E-state index is 0.154. The molecule has 2 aromatic rings. The molecule has 0 aromatic carbocycles. The van der Waals surface area contributed by atoms with E-state index in [0.717, 1.165) is 6.07 Å². The first-order valence-electron chi connectivity index (χ1n) is 5.52. The van der Waals surface area contributed by atoms with Gasteiger partial charge in [0.25, 0.3) is 10.0 Å². The monoisotopic (exact) mass is 301 g/mol. The topological polar surface area (TPSA) is 125 Å². The molecule has 0 saturated carbocycles. The van der Waals surface area contributed by atoms with Crippen molar-refractivity contribution in [1.29, 1.82) is 0 Å². The number of anilines is 1. The largest absolute Gasteiger partial charge is 0.460 e. The number of carbonyl (C=O) groups is 1. The normalized spacial score (nSPS) is 11.3. The maximum absolute atomic E-state index is 11.9. The number of hydrogen-bond donors (Lipinski definition) is 1. The van der Waals surface area contributed by atoms with E-state index in [1.54, 1.807) is 6.92 Å². The standard InChI is InChI=1S/C10H11N3O6S/c1-3-17-9(14)7-4-5-8(18-7)20(15,16)13-10-11-6(2)12-19-10/h4-5H,3H2,1-2H3,(H,11,12,13). The van der Waals surface area contributed by atoms with E-state index in [0.29, 0.717) is 0 Å². The van der Waals surface area contributed by atoms with Crippen LogP contribution >= 0.6 is 0 Å². The van der Waals surface area contributed by atoms with Crippen molar-refractivity contribution in [1.82, 2.24) is 10.1 Å². The number of hydrogen-bond acceptors (Lipinski definition) is 8. The summed E-state index contributed by atoms with van der Waals surface area (Å²) >= 11 is 0. The predicted octanol–water partition coefficient (Wildman–Crippen LogP) is 0.949. The van der Waals surface area contributed by atoms with Gasteiger partial charge in [-0.3, -0.25) is 0 Å². The lowest BCUT2D eigenvalue weighted by Gasteiger charge is -2.00. The Morgan fingerprint density at radius 1 is 1.45 bits per heavy atom. The van der Waals surface area contributed by atoms with Crippen LogP contribution in [-0.4, -0.2) is 31.1 Å². The van der Waals surface area contributed by atoms with Crippen molar-refractivity contribution in [3.05, 3.63) is 23.7 Å². The van der Waals surface area contributed by atoms with E-state index in [4.69, 9.17) is 4.42 Å². The number of carbonyl (C=O) groups excluding carboxylic acids is 1. The van der Waals surface area contributed by atoms with E-state index in [1.807, 2.05) is 4.72 Å². The van der Waals surface area contributed by atoms with Gasteiger partial charge in [-0.1, -0.05) is 5.16 Å². The van der Waals surface area contributed by atoms with Crippen LogP contribution in [0.1, 0.15) is 23.3 Å². The first-order chi connectivity index (χ1) is 9.42. The molecular weight excluding hydrogens is 290 g/mol. The molecule has 2 heterocycles. The van der Waals surface area contributed by atoms with Gasteiger partial charge in [0.1, 0.15) is 0 Å². The Morgan fingerprint density at radius 2 is 2.20 bits per heavy atom. The summed E-state index contributed by atoms with van der Waals surface area (Å²) < 4.78 is 40.1. The van der Waals surface area contributed by atoms with Crippen molar-refractivity contribution < 1.29 is 26.9 Å². The molecule has 0 aliphatic heterocycles. The highest BCUT2D eigenvalue weighted by Crippen LogP contribution is 2.18. The number of rotatable bonds is 5. The fourth-order valence-corrected chi connectivity index (χ4v) is 2.14. The third kappa shape index (κ3) is 2.96. The van der Waals surface area contributed by atoms with E-state index in [-0.39, 0.29) is 24.2 Å². The Morgan fingerprint density at radius 3 is 2.80 bits per heavy atom. The Labute approximate surface area is 114 Å². The molecule has 10 heteroatoms. The highest BCUT2D eigenvalue weighted by atomic mass is 32.2. The molecule has 0 amide bonds. The average Bonchev–Trinajstić information content (AvgIpc) is 2.98. The van der Waals surface area contributed by atoms with Gasteiger partial charge in [0.2, 0.25) is 10.9 Å². The zero-order valence-corrected chi connectivity index (χ0v) is 11.4.